The van der Waals surface area contributed by atoms with Gasteiger partial charge in [-0.2, -0.15) is 0 Å². The molecule has 0 heterocycles. The van der Waals surface area contributed by atoms with E-state index < -0.39 is 6.10 Å². The Morgan fingerprint density at radius 2 is 0.867 bits per heavy atom. The van der Waals surface area contributed by atoms with E-state index in [9.17, 15) is 5.11 Å². The molecule has 0 aromatic carbocycles. The first-order valence-electron chi connectivity index (χ1n) is 14.0. The Labute approximate surface area is 191 Å². The number of ether oxygens (including phenoxy) is 1. The van der Waals surface area contributed by atoms with Gasteiger partial charge in [-0.1, -0.05) is 143 Å². The van der Waals surface area contributed by atoms with Gasteiger partial charge in [0.2, 0.25) is 0 Å². The number of hydrogen-bond donors (Lipinski definition) is 0. The van der Waals surface area contributed by atoms with Gasteiger partial charge < -0.3 is 4.74 Å². The fourth-order valence-electron chi connectivity index (χ4n) is 4.27. The molecule has 0 aliphatic rings. The second-order valence-electron chi connectivity index (χ2n) is 9.54. The second-order valence-corrected chi connectivity index (χ2v) is 9.54. The van der Waals surface area contributed by atoms with Crippen molar-refractivity contribution in [2.75, 3.05) is 6.61 Å². The van der Waals surface area contributed by atoms with Crippen LogP contribution in [0.5, 0.6) is 0 Å². The maximum absolute atomic E-state index is 12.7. The van der Waals surface area contributed by atoms with Crippen molar-refractivity contribution in [3.63, 3.8) is 0 Å². The molecule has 0 aromatic rings. The van der Waals surface area contributed by atoms with Crippen LogP contribution in [0.15, 0.2) is 0 Å². The van der Waals surface area contributed by atoms with Crippen LogP contribution in [0.3, 0.4) is 0 Å². The molecule has 0 N–H and O–H groups in total. The first kappa shape index (κ1) is 29.9. The zero-order valence-corrected chi connectivity index (χ0v) is 21.2. The van der Waals surface area contributed by atoms with E-state index in [1.54, 1.807) is 0 Å². The summed E-state index contributed by atoms with van der Waals surface area (Å²) in [5.74, 6) is 0. The zero-order valence-electron chi connectivity index (χ0n) is 21.2. The van der Waals surface area contributed by atoms with Gasteiger partial charge in [-0.25, -0.2) is 5.11 Å². The predicted octanol–water partition coefficient (Wildman–Crippen LogP) is 9.81. The largest absolute Gasteiger partial charge is 0.375 e. The van der Waals surface area contributed by atoms with Crippen molar-refractivity contribution >= 4 is 0 Å². The lowest BCUT2D eigenvalue weighted by atomic mass is 10.00. The third-order valence-corrected chi connectivity index (χ3v) is 6.43. The highest BCUT2D eigenvalue weighted by Gasteiger charge is 2.20. The van der Waals surface area contributed by atoms with Crippen molar-refractivity contribution in [3.8, 4) is 0 Å². The van der Waals surface area contributed by atoms with E-state index in [-0.39, 0.29) is 6.10 Å². The fraction of sp³-hybridized carbons (Fsp3) is 1.00. The summed E-state index contributed by atoms with van der Waals surface area (Å²) in [6, 6.07) is 0. The van der Waals surface area contributed by atoms with E-state index in [0.29, 0.717) is 0 Å². The Hall–Kier alpha value is -0.0800. The number of hydrogen-bond acceptors (Lipinski definition) is 1. The summed E-state index contributed by atoms with van der Waals surface area (Å²) in [5, 5.41) is 12.7. The minimum atomic E-state index is -0.514. The standard InChI is InChI=1S/C28H57O2/c1-4-7-10-12-14-16-17-18-20-22-24-27(29)28(25-9-6-3)30-26-23-21-19-15-13-11-8-5-2/h27-28H,4-26H2,1-3H3. The van der Waals surface area contributed by atoms with Crippen LogP contribution in [-0.4, -0.2) is 18.8 Å². The van der Waals surface area contributed by atoms with Crippen LogP contribution in [0.1, 0.15) is 162 Å². The SMILES string of the molecule is CCCCCCCCCCCCC([O])C(CCCC)OCCCCCCCCCC. The first-order valence-corrected chi connectivity index (χ1v) is 14.0. The maximum Gasteiger partial charge on any atom is 0.119 e. The molecule has 0 aliphatic carbocycles. The minimum Gasteiger partial charge on any atom is -0.375 e. The zero-order chi connectivity index (χ0) is 22.1. The highest BCUT2D eigenvalue weighted by Crippen LogP contribution is 2.18. The van der Waals surface area contributed by atoms with Gasteiger partial charge >= 0.3 is 0 Å². The van der Waals surface area contributed by atoms with E-state index >= 15 is 0 Å². The molecule has 181 valence electrons. The van der Waals surface area contributed by atoms with Crippen LogP contribution in [0.4, 0.5) is 0 Å². The summed E-state index contributed by atoms with van der Waals surface area (Å²) in [4.78, 5) is 0. The lowest BCUT2D eigenvalue weighted by molar-refractivity contribution is -0.0761. The normalized spacial score (nSPS) is 13.6. The van der Waals surface area contributed by atoms with Crippen molar-refractivity contribution in [2.45, 2.75) is 174 Å². The molecule has 0 rings (SSSR count). The van der Waals surface area contributed by atoms with Gasteiger partial charge in [-0.05, 0) is 19.3 Å². The number of unbranched alkanes of at least 4 members (excludes halogenated alkanes) is 17. The van der Waals surface area contributed by atoms with Gasteiger partial charge in [-0.3, -0.25) is 0 Å². The van der Waals surface area contributed by atoms with Crippen molar-refractivity contribution < 1.29 is 9.84 Å². The maximum atomic E-state index is 12.7. The highest BCUT2D eigenvalue weighted by atomic mass is 16.5. The molecule has 0 fully saturated rings. The summed E-state index contributed by atoms with van der Waals surface area (Å²) < 4.78 is 6.08. The van der Waals surface area contributed by atoms with Gasteiger partial charge in [0.05, 0.1) is 6.10 Å². The summed E-state index contributed by atoms with van der Waals surface area (Å²) in [5.41, 5.74) is 0. The molecule has 0 aromatic heterocycles. The molecular formula is C28H57O2. The van der Waals surface area contributed by atoms with Gasteiger partial charge in [0.15, 0.2) is 0 Å². The molecule has 0 saturated heterocycles. The Morgan fingerprint density at radius 3 is 1.33 bits per heavy atom. The third-order valence-electron chi connectivity index (χ3n) is 6.43. The molecule has 0 spiro atoms. The summed E-state index contributed by atoms with van der Waals surface area (Å²) in [7, 11) is 0. The van der Waals surface area contributed by atoms with Crippen molar-refractivity contribution in [3.05, 3.63) is 0 Å². The summed E-state index contributed by atoms with van der Waals surface area (Å²) in [6.45, 7) is 7.54. The number of rotatable bonds is 25. The Kier molecular flexibility index (Phi) is 25.1. The molecule has 0 aliphatic heterocycles. The average molecular weight is 426 g/mol. The fourth-order valence-corrected chi connectivity index (χ4v) is 4.27. The lowest BCUT2D eigenvalue weighted by Gasteiger charge is -2.22. The van der Waals surface area contributed by atoms with Gasteiger partial charge in [-0.15, -0.1) is 0 Å². The van der Waals surface area contributed by atoms with E-state index in [1.807, 2.05) is 0 Å². The Balaban J connectivity index is 3.71. The van der Waals surface area contributed by atoms with Crippen LogP contribution in [0.2, 0.25) is 0 Å². The van der Waals surface area contributed by atoms with Crippen LogP contribution in [0.25, 0.3) is 0 Å². The van der Waals surface area contributed by atoms with Crippen LogP contribution >= 0.6 is 0 Å². The van der Waals surface area contributed by atoms with Crippen LogP contribution in [0, 0.1) is 0 Å². The van der Waals surface area contributed by atoms with Crippen LogP contribution < -0.4 is 0 Å². The van der Waals surface area contributed by atoms with Crippen molar-refractivity contribution in [2.24, 2.45) is 0 Å². The van der Waals surface area contributed by atoms with E-state index in [0.717, 1.165) is 45.1 Å². The minimum absolute atomic E-state index is 0.0481. The molecule has 2 heteroatoms. The molecule has 2 atom stereocenters. The molecule has 30 heavy (non-hydrogen) atoms. The Bertz CT molecular complexity index is 305. The predicted molar refractivity (Wildman–Crippen MR) is 133 cm³/mol. The summed E-state index contributed by atoms with van der Waals surface area (Å²) in [6.07, 6.45) is 27.3. The summed E-state index contributed by atoms with van der Waals surface area (Å²) >= 11 is 0. The van der Waals surface area contributed by atoms with E-state index in [1.165, 1.54) is 103 Å². The molecular weight excluding hydrogens is 368 g/mol. The van der Waals surface area contributed by atoms with Crippen molar-refractivity contribution in [1.82, 2.24) is 0 Å². The highest BCUT2D eigenvalue weighted by molar-refractivity contribution is 4.69. The van der Waals surface area contributed by atoms with Crippen LogP contribution in [-0.2, 0) is 9.84 Å². The second kappa shape index (κ2) is 25.2. The molecule has 0 amide bonds. The molecule has 0 saturated carbocycles. The van der Waals surface area contributed by atoms with Crippen molar-refractivity contribution in [1.29, 1.82) is 0 Å². The Morgan fingerprint density at radius 1 is 0.467 bits per heavy atom. The first-order chi connectivity index (χ1) is 14.8. The smallest absolute Gasteiger partial charge is 0.119 e. The topological polar surface area (TPSA) is 29.1 Å². The van der Waals surface area contributed by atoms with E-state index in [4.69, 9.17) is 4.74 Å². The van der Waals surface area contributed by atoms with Gasteiger partial charge in [0.1, 0.15) is 6.10 Å². The van der Waals surface area contributed by atoms with Gasteiger partial charge in [0.25, 0.3) is 0 Å². The lowest BCUT2D eigenvalue weighted by Crippen LogP contribution is -2.28. The average Bonchev–Trinajstić information content (AvgIpc) is 2.75. The monoisotopic (exact) mass is 425 g/mol. The molecule has 2 unspecified atom stereocenters. The van der Waals surface area contributed by atoms with E-state index in [2.05, 4.69) is 20.8 Å². The van der Waals surface area contributed by atoms with Gasteiger partial charge in [0, 0.05) is 6.61 Å². The third kappa shape index (κ3) is 21.2. The molecule has 2 nitrogen and oxygen atoms in total. The molecule has 1 radical (unpaired) electrons. The quantitative estimate of drug-likeness (QED) is 0.134. The molecule has 0 bridgehead atoms.